The Balaban J connectivity index is 0.000000384. The Labute approximate surface area is 205 Å². The van der Waals surface area contributed by atoms with E-state index in [-0.39, 0.29) is 6.04 Å². The van der Waals surface area contributed by atoms with Crippen LogP contribution in [0, 0.1) is 6.92 Å². The Morgan fingerprint density at radius 1 is 1.11 bits per heavy atom. The highest BCUT2D eigenvalue weighted by molar-refractivity contribution is 5.73. The van der Waals surface area contributed by atoms with Crippen molar-refractivity contribution in [1.29, 1.82) is 0 Å². The molecule has 1 N–H and O–H groups in total. The van der Waals surface area contributed by atoms with Crippen molar-refractivity contribution in [2.75, 3.05) is 26.7 Å². The van der Waals surface area contributed by atoms with Crippen LogP contribution in [0.25, 0.3) is 16.6 Å². The molecular weight excluding hydrogens is 475 g/mol. The van der Waals surface area contributed by atoms with Crippen molar-refractivity contribution in [3.05, 3.63) is 78.0 Å². The summed E-state index contributed by atoms with van der Waals surface area (Å²) < 4.78 is 38.9. The number of hydrogen-bond acceptors (Lipinski definition) is 6. The molecule has 3 aromatic heterocycles. The highest BCUT2D eigenvalue weighted by Gasteiger charge is 2.38. The number of hydrogen-bond donors (Lipinski definition) is 1. The van der Waals surface area contributed by atoms with E-state index in [4.69, 9.17) is 14.3 Å². The van der Waals surface area contributed by atoms with Crippen LogP contribution in [0.5, 0.6) is 0 Å². The Kier molecular flexibility index (Phi) is 7.41. The SMILES string of the molecule is Cc1ccc(-c2ccc3c(C4CN(Cc5ccoc5)CCN4C)nnn3c2)cc1.O=C(O)C(F)(F)F. The fourth-order valence-electron chi connectivity index (χ4n) is 4.08. The van der Waals surface area contributed by atoms with Crippen molar-refractivity contribution in [3.8, 4) is 11.1 Å². The molecule has 4 heterocycles. The van der Waals surface area contributed by atoms with Gasteiger partial charge in [0, 0.05) is 43.5 Å². The monoisotopic (exact) mass is 501 g/mol. The highest BCUT2D eigenvalue weighted by Crippen LogP contribution is 2.28. The summed E-state index contributed by atoms with van der Waals surface area (Å²) in [7, 11) is 2.17. The van der Waals surface area contributed by atoms with E-state index in [2.05, 4.69) is 76.7 Å². The summed E-state index contributed by atoms with van der Waals surface area (Å²) in [6.07, 6.45) is 0.553. The molecule has 1 aliphatic heterocycles. The number of aromatic nitrogens is 3. The van der Waals surface area contributed by atoms with Crippen molar-refractivity contribution in [3.63, 3.8) is 0 Å². The number of aliphatic carboxylic acids is 1. The summed E-state index contributed by atoms with van der Waals surface area (Å²) in [5, 5.41) is 16.1. The maximum atomic E-state index is 10.6. The standard InChI is InChI=1S/C23H25N5O.C2HF3O2/c1-17-3-5-19(6-4-17)20-7-8-21-23(24-25-28(21)14-20)22-15-27(11-10-26(22)2)13-18-9-12-29-16-18;3-2(4,5)1(6)7/h3-9,12,14,16,22H,10-11,13,15H2,1-2H3;(H,6,7). The number of fused-ring (bicyclic) bond motifs is 1. The van der Waals surface area contributed by atoms with E-state index in [1.807, 2.05) is 16.8 Å². The van der Waals surface area contributed by atoms with Crippen LogP contribution in [-0.4, -0.2) is 68.6 Å². The smallest absolute Gasteiger partial charge is 0.475 e. The molecule has 1 aliphatic rings. The third kappa shape index (κ3) is 5.92. The van der Waals surface area contributed by atoms with Gasteiger partial charge in [-0.3, -0.25) is 9.80 Å². The minimum atomic E-state index is -5.08. The van der Waals surface area contributed by atoms with E-state index >= 15 is 0 Å². The summed E-state index contributed by atoms with van der Waals surface area (Å²) in [6, 6.07) is 15.1. The van der Waals surface area contributed by atoms with E-state index in [1.54, 1.807) is 6.26 Å². The third-order valence-corrected chi connectivity index (χ3v) is 6.10. The first kappa shape index (κ1) is 25.4. The molecular formula is C25H26F3N5O3. The van der Waals surface area contributed by atoms with Crippen LogP contribution in [0.1, 0.15) is 22.9 Å². The number of rotatable bonds is 4. The number of carbonyl (C=O) groups is 1. The Morgan fingerprint density at radius 2 is 1.81 bits per heavy atom. The number of carboxylic acid groups (broad SMARTS) is 1. The molecule has 1 saturated heterocycles. The summed E-state index contributed by atoms with van der Waals surface area (Å²) in [4.78, 5) is 13.7. The lowest BCUT2D eigenvalue weighted by atomic mass is 10.0. The van der Waals surface area contributed by atoms with Crippen LogP contribution < -0.4 is 0 Å². The minimum Gasteiger partial charge on any atom is -0.475 e. The number of furan rings is 1. The van der Waals surface area contributed by atoms with E-state index in [0.717, 1.165) is 43.0 Å². The van der Waals surface area contributed by atoms with Gasteiger partial charge < -0.3 is 9.52 Å². The average Bonchev–Trinajstić information content (AvgIpc) is 3.50. The second kappa shape index (κ2) is 10.5. The molecule has 1 aromatic carbocycles. The van der Waals surface area contributed by atoms with Crippen molar-refractivity contribution >= 4 is 11.5 Å². The van der Waals surface area contributed by atoms with Gasteiger partial charge in [-0.15, -0.1) is 5.10 Å². The average molecular weight is 502 g/mol. The van der Waals surface area contributed by atoms with Crippen LogP contribution in [0.3, 0.4) is 0 Å². The molecule has 1 unspecified atom stereocenters. The van der Waals surface area contributed by atoms with Crippen LogP contribution >= 0.6 is 0 Å². The van der Waals surface area contributed by atoms with Crippen LogP contribution in [0.2, 0.25) is 0 Å². The molecule has 4 aromatic rings. The van der Waals surface area contributed by atoms with E-state index in [9.17, 15) is 13.2 Å². The van der Waals surface area contributed by atoms with E-state index in [1.165, 1.54) is 16.7 Å². The molecule has 0 radical (unpaired) electrons. The number of carboxylic acids is 1. The normalized spacial score (nSPS) is 17.1. The molecule has 0 amide bonds. The quantitative estimate of drug-likeness (QED) is 0.443. The molecule has 5 rings (SSSR count). The van der Waals surface area contributed by atoms with Gasteiger partial charge in [0.1, 0.15) is 5.69 Å². The molecule has 1 atom stereocenters. The maximum absolute atomic E-state index is 10.6. The van der Waals surface area contributed by atoms with Gasteiger partial charge in [-0.25, -0.2) is 9.31 Å². The minimum absolute atomic E-state index is 0.221. The lowest BCUT2D eigenvalue weighted by Crippen LogP contribution is -2.46. The second-order valence-electron chi connectivity index (χ2n) is 8.75. The first-order valence-corrected chi connectivity index (χ1v) is 11.3. The first-order chi connectivity index (χ1) is 17.1. The summed E-state index contributed by atoms with van der Waals surface area (Å²) >= 11 is 0. The number of benzene rings is 1. The van der Waals surface area contributed by atoms with Crippen molar-refractivity contribution < 1.29 is 27.5 Å². The molecule has 190 valence electrons. The topological polar surface area (TPSA) is 87.1 Å². The zero-order chi connectivity index (χ0) is 25.9. The molecule has 0 saturated carbocycles. The Morgan fingerprint density at radius 3 is 2.44 bits per heavy atom. The summed E-state index contributed by atoms with van der Waals surface area (Å²) in [5.41, 5.74) is 6.92. The molecule has 1 fully saturated rings. The van der Waals surface area contributed by atoms with Crippen molar-refractivity contribution in [1.82, 2.24) is 24.6 Å². The maximum Gasteiger partial charge on any atom is 0.490 e. The van der Waals surface area contributed by atoms with Gasteiger partial charge in [0.2, 0.25) is 0 Å². The van der Waals surface area contributed by atoms with Crippen LogP contribution in [-0.2, 0) is 11.3 Å². The molecule has 11 heteroatoms. The van der Waals surface area contributed by atoms with Gasteiger partial charge in [-0.05, 0) is 31.7 Å². The van der Waals surface area contributed by atoms with Gasteiger partial charge >= 0.3 is 12.1 Å². The molecule has 0 aliphatic carbocycles. The predicted molar refractivity (Wildman–Crippen MR) is 126 cm³/mol. The molecule has 8 nitrogen and oxygen atoms in total. The van der Waals surface area contributed by atoms with Crippen molar-refractivity contribution in [2.45, 2.75) is 25.7 Å². The first-order valence-electron chi connectivity index (χ1n) is 11.3. The zero-order valence-corrected chi connectivity index (χ0v) is 19.8. The number of likely N-dealkylation sites (N-methyl/N-ethyl adjacent to an activating group) is 1. The van der Waals surface area contributed by atoms with Crippen LogP contribution in [0.4, 0.5) is 13.2 Å². The van der Waals surface area contributed by atoms with Gasteiger partial charge in [0.25, 0.3) is 0 Å². The largest absolute Gasteiger partial charge is 0.490 e. The predicted octanol–water partition coefficient (Wildman–Crippen LogP) is 4.42. The number of alkyl halides is 3. The van der Waals surface area contributed by atoms with Gasteiger partial charge in [-0.1, -0.05) is 41.1 Å². The summed E-state index contributed by atoms with van der Waals surface area (Å²) in [5.74, 6) is -2.76. The zero-order valence-electron chi connectivity index (χ0n) is 19.8. The second-order valence-corrected chi connectivity index (χ2v) is 8.75. The van der Waals surface area contributed by atoms with E-state index < -0.39 is 12.1 Å². The van der Waals surface area contributed by atoms with E-state index in [0.29, 0.717) is 0 Å². The number of halogens is 3. The molecule has 0 bridgehead atoms. The van der Waals surface area contributed by atoms with Gasteiger partial charge in [0.05, 0.1) is 24.1 Å². The number of pyridine rings is 1. The lowest BCUT2D eigenvalue weighted by Gasteiger charge is -2.38. The van der Waals surface area contributed by atoms with Gasteiger partial charge in [-0.2, -0.15) is 13.2 Å². The Bertz CT molecular complexity index is 1300. The third-order valence-electron chi connectivity index (χ3n) is 6.10. The number of piperazine rings is 1. The summed E-state index contributed by atoms with van der Waals surface area (Å²) in [6.45, 7) is 5.97. The van der Waals surface area contributed by atoms with Crippen molar-refractivity contribution in [2.24, 2.45) is 0 Å². The highest BCUT2D eigenvalue weighted by atomic mass is 19.4. The number of aryl methyl sites for hydroxylation is 1. The lowest BCUT2D eigenvalue weighted by molar-refractivity contribution is -0.192. The fraction of sp³-hybridized carbons (Fsp3) is 0.320. The molecule has 0 spiro atoms. The Hall–Kier alpha value is -3.70. The fourth-order valence-corrected chi connectivity index (χ4v) is 4.08. The van der Waals surface area contributed by atoms with Gasteiger partial charge in [0.15, 0.2) is 0 Å². The molecule has 36 heavy (non-hydrogen) atoms. The number of nitrogens with zero attached hydrogens (tertiary/aromatic N) is 5. The van der Waals surface area contributed by atoms with Crippen LogP contribution in [0.15, 0.2) is 65.6 Å².